The highest BCUT2D eigenvalue weighted by molar-refractivity contribution is 7.07. The first-order chi connectivity index (χ1) is 9.65. The molecule has 2 aromatic rings. The fraction of sp³-hybridized carbons (Fsp3) is 0.375. The van der Waals surface area contributed by atoms with Crippen molar-refractivity contribution >= 4 is 11.3 Å². The minimum atomic E-state index is -0.488. The lowest BCUT2D eigenvalue weighted by molar-refractivity contribution is 0.0742. The van der Waals surface area contributed by atoms with Gasteiger partial charge in [0.1, 0.15) is 18.5 Å². The smallest absolute Gasteiger partial charge is 0.122 e. The normalized spacial score (nSPS) is 12.6. The lowest BCUT2D eigenvalue weighted by Crippen LogP contribution is -2.32. The van der Waals surface area contributed by atoms with Gasteiger partial charge in [-0.25, -0.2) is 0 Å². The summed E-state index contributed by atoms with van der Waals surface area (Å²) in [5.74, 6) is 0.840. The summed E-state index contributed by atoms with van der Waals surface area (Å²) in [7, 11) is 2.01. The quantitative estimate of drug-likeness (QED) is 0.851. The van der Waals surface area contributed by atoms with Crippen LogP contribution in [-0.4, -0.2) is 36.3 Å². The van der Waals surface area contributed by atoms with Crippen molar-refractivity contribution < 1.29 is 9.84 Å². The Morgan fingerprint density at radius 1 is 1.30 bits per heavy atom. The second kappa shape index (κ2) is 7.43. The maximum absolute atomic E-state index is 10.0. The van der Waals surface area contributed by atoms with Crippen LogP contribution in [0.4, 0.5) is 0 Å². The summed E-state index contributed by atoms with van der Waals surface area (Å²) < 4.78 is 5.66. The molecule has 0 aliphatic rings. The maximum Gasteiger partial charge on any atom is 0.122 e. The molecule has 4 heteroatoms. The van der Waals surface area contributed by atoms with Crippen LogP contribution in [0.2, 0.25) is 0 Å². The van der Waals surface area contributed by atoms with Crippen LogP contribution < -0.4 is 4.74 Å². The number of ether oxygens (including phenoxy) is 1. The number of rotatable bonds is 7. The summed E-state index contributed by atoms with van der Waals surface area (Å²) >= 11 is 1.70. The molecular weight excluding hydrogens is 270 g/mol. The van der Waals surface area contributed by atoms with E-state index in [-0.39, 0.29) is 0 Å². The SMILES string of the molecule is Cc1ccccc1OCC(O)CN(C)Cc1ccsc1. The van der Waals surface area contributed by atoms with Gasteiger partial charge in [-0.05, 0) is 48.0 Å². The lowest BCUT2D eigenvalue weighted by atomic mass is 10.2. The Balaban J connectivity index is 1.75. The third kappa shape index (κ3) is 4.63. The summed E-state index contributed by atoms with van der Waals surface area (Å²) in [6, 6.07) is 9.96. The van der Waals surface area contributed by atoms with Gasteiger partial charge in [-0.2, -0.15) is 11.3 Å². The van der Waals surface area contributed by atoms with Gasteiger partial charge >= 0.3 is 0 Å². The Kier molecular flexibility index (Phi) is 5.59. The summed E-state index contributed by atoms with van der Waals surface area (Å²) in [5.41, 5.74) is 2.37. The molecule has 0 aliphatic carbocycles. The highest BCUT2D eigenvalue weighted by Crippen LogP contribution is 2.16. The van der Waals surface area contributed by atoms with Crippen LogP contribution in [0.15, 0.2) is 41.1 Å². The molecule has 1 aromatic heterocycles. The zero-order chi connectivity index (χ0) is 14.4. The zero-order valence-corrected chi connectivity index (χ0v) is 12.8. The van der Waals surface area contributed by atoms with Gasteiger partial charge in [0.25, 0.3) is 0 Å². The molecule has 3 nitrogen and oxygen atoms in total. The molecule has 108 valence electrons. The Morgan fingerprint density at radius 3 is 2.80 bits per heavy atom. The van der Waals surface area contributed by atoms with Crippen molar-refractivity contribution in [2.24, 2.45) is 0 Å². The number of aryl methyl sites for hydroxylation is 1. The Bertz CT molecular complexity index is 513. The van der Waals surface area contributed by atoms with Crippen molar-refractivity contribution in [3.8, 4) is 5.75 Å². The van der Waals surface area contributed by atoms with Crippen LogP contribution in [0.3, 0.4) is 0 Å². The molecular formula is C16H21NO2S. The van der Waals surface area contributed by atoms with E-state index in [1.807, 2.05) is 38.2 Å². The molecule has 0 spiro atoms. The fourth-order valence-electron chi connectivity index (χ4n) is 2.08. The Labute approximate surface area is 124 Å². The molecule has 1 unspecified atom stereocenters. The summed E-state index contributed by atoms with van der Waals surface area (Å²) in [4.78, 5) is 2.11. The first-order valence-corrected chi connectivity index (χ1v) is 7.65. The predicted molar refractivity (Wildman–Crippen MR) is 83.3 cm³/mol. The molecule has 0 bridgehead atoms. The topological polar surface area (TPSA) is 32.7 Å². The molecule has 0 saturated carbocycles. The van der Waals surface area contributed by atoms with E-state index in [0.717, 1.165) is 17.9 Å². The van der Waals surface area contributed by atoms with Gasteiger partial charge in [-0.1, -0.05) is 18.2 Å². The molecule has 2 rings (SSSR count). The molecule has 1 N–H and O–H groups in total. The van der Waals surface area contributed by atoms with Gasteiger partial charge in [0.15, 0.2) is 0 Å². The molecule has 0 aliphatic heterocycles. The number of hydrogen-bond donors (Lipinski definition) is 1. The number of para-hydroxylation sites is 1. The third-order valence-electron chi connectivity index (χ3n) is 3.08. The highest BCUT2D eigenvalue weighted by Gasteiger charge is 2.10. The predicted octanol–water partition coefficient (Wildman–Crippen LogP) is 2.93. The maximum atomic E-state index is 10.0. The minimum Gasteiger partial charge on any atom is -0.491 e. The van der Waals surface area contributed by atoms with Crippen molar-refractivity contribution in [3.05, 3.63) is 52.2 Å². The number of hydrogen-bond acceptors (Lipinski definition) is 4. The van der Waals surface area contributed by atoms with Gasteiger partial charge in [0.2, 0.25) is 0 Å². The van der Waals surface area contributed by atoms with Crippen LogP contribution in [0, 0.1) is 6.92 Å². The zero-order valence-electron chi connectivity index (χ0n) is 12.0. The Morgan fingerprint density at radius 2 is 2.10 bits per heavy atom. The van der Waals surface area contributed by atoms with Crippen molar-refractivity contribution in [3.63, 3.8) is 0 Å². The molecule has 0 fully saturated rings. The highest BCUT2D eigenvalue weighted by atomic mass is 32.1. The number of likely N-dealkylation sites (N-methyl/N-ethyl adjacent to an activating group) is 1. The van der Waals surface area contributed by atoms with Crippen LogP contribution in [0.1, 0.15) is 11.1 Å². The van der Waals surface area contributed by atoms with E-state index in [4.69, 9.17) is 4.74 Å². The number of benzene rings is 1. The van der Waals surface area contributed by atoms with Gasteiger partial charge in [-0.3, -0.25) is 4.90 Å². The third-order valence-corrected chi connectivity index (χ3v) is 3.81. The van der Waals surface area contributed by atoms with E-state index in [1.165, 1.54) is 5.56 Å². The fourth-order valence-corrected chi connectivity index (χ4v) is 2.74. The van der Waals surface area contributed by atoms with Crippen LogP contribution in [0.5, 0.6) is 5.75 Å². The number of thiophene rings is 1. The Hall–Kier alpha value is -1.36. The molecule has 0 saturated heterocycles. The number of aliphatic hydroxyl groups excluding tert-OH is 1. The molecule has 1 aromatic carbocycles. The summed E-state index contributed by atoms with van der Waals surface area (Å²) in [6.07, 6.45) is -0.488. The second-order valence-corrected chi connectivity index (χ2v) is 5.84. The van der Waals surface area contributed by atoms with Crippen LogP contribution in [-0.2, 0) is 6.54 Å². The van der Waals surface area contributed by atoms with Crippen LogP contribution >= 0.6 is 11.3 Å². The number of nitrogens with zero attached hydrogens (tertiary/aromatic N) is 1. The average molecular weight is 291 g/mol. The van der Waals surface area contributed by atoms with E-state index >= 15 is 0 Å². The molecule has 1 atom stereocenters. The van der Waals surface area contributed by atoms with Crippen LogP contribution in [0.25, 0.3) is 0 Å². The first kappa shape index (κ1) is 15.0. The van der Waals surface area contributed by atoms with E-state index in [1.54, 1.807) is 11.3 Å². The molecule has 0 radical (unpaired) electrons. The average Bonchev–Trinajstić information content (AvgIpc) is 2.90. The van der Waals surface area contributed by atoms with Gasteiger partial charge in [0.05, 0.1) is 0 Å². The van der Waals surface area contributed by atoms with Crippen molar-refractivity contribution in [1.29, 1.82) is 0 Å². The number of aliphatic hydroxyl groups is 1. The standard InChI is InChI=1S/C16H21NO2S/c1-13-5-3-4-6-16(13)19-11-15(18)10-17(2)9-14-7-8-20-12-14/h3-8,12,15,18H,9-11H2,1-2H3. The van der Waals surface area contributed by atoms with Crippen molar-refractivity contribution in [2.45, 2.75) is 19.6 Å². The second-order valence-electron chi connectivity index (χ2n) is 5.06. The van der Waals surface area contributed by atoms with Gasteiger partial charge in [0, 0.05) is 13.1 Å². The summed E-state index contributed by atoms with van der Waals surface area (Å²) in [6.45, 7) is 3.77. The van der Waals surface area contributed by atoms with E-state index in [2.05, 4.69) is 21.7 Å². The van der Waals surface area contributed by atoms with Gasteiger partial charge in [-0.15, -0.1) is 0 Å². The molecule has 20 heavy (non-hydrogen) atoms. The lowest BCUT2D eigenvalue weighted by Gasteiger charge is -2.20. The van der Waals surface area contributed by atoms with E-state index < -0.39 is 6.10 Å². The summed E-state index contributed by atoms with van der Waals surface area (Å²) in [5, 5.41) is 14.2. The molecule has 0 amide bonds. The first-order valence-electron chi connectivity index (χ1n) is 6.71. The van der Waals surface area contributed by atoms with Crippen molar-refractivity contribution in [1.82, 2.24) is 4.90 Å². The van der Waals surface area contributed by atoms with Crippen molar-refractivity contribution in [2.75, 3.05) is 20.2 Å². The monoisotopic (exact) mass is 291 g/mol. The van der Waals surface area contributed by atoms with E-state index in [9.17, 15) is 5.11 Å². The minimum absolute atomic E-state index is 0.318. The van der Waals surface area contributed by atoms with Gasteiger partial charge < -0.3 is 9.84 Å². The largest absolute Gasteiger partial charge is 0.491 e. The molecule has 1 heterocycles. The van der Waals surface area contributed by atoms with E-state index in [0.29, 0.717) is 13.2 Å².